The van der Waals surface area contributed by atoms with E-state index in [4.69, 9.17) is 0 Å². The Morgan fingerprint density at radius 1 is 0.962 bits per heavy atom. The first kappa shape index (κ1) is 22.5. The Balaban J connectivity index is 2.16. The Bertz CT molecular complexity index is 499. The first-order chi connectivity index (χ1) is 12.5. The van der Waals surface area contributed by atoms with Crippen molar-refractivity contribution in [2.24, 2.45) is 0 Å². The van der Waals surface area contributed by atoms with E-state index in [9.17, 15) is 19.2 Å². The average molecular weight is 386 g/mol. The highest BCUT2D eigenvalue weighted by atomic mass is 32.2. The molecule has 26 heavy (non-hydrogen) atoms. The SMILES string of the molecule is CNC(=O)CCCCCSC1CC(=O)N(CCCCCC(=O)NC)C1=O. The van der Waals surface area contributed by atoms with Gasteiger partial charge in [-0.2, -0.15) is 0 Å². The zero-order chi connectivity index (χ0) is 19.4. The van der Waals surface area contributed by atoms with E-state index in [1.807, 2.05) is 0 Å². The molecule has 0 bridgehead atoms. The van der Waals surface area contributed by atoms with E-state index in [1.165, 1.54) is 4.90 Å². The lowest BCUT2D eigenvalue weighted by atomic mass is 10.2. The number of carbonyl (C=O) groups excluding carboxylic acids is 4. The van der Waals surface area contributed by atoms with Crippen LogP contribution in [0.1, 0.15) is 57.8 Å². The fourth-order valence-electron chi connectivity index (χ4n) is 2.79. The van der Waals surface area contributed by atoms with Crippen LogP contribution in [0.15, 0.2) is 0 Å². The Morgan fingerprint density at radius 2 is 1.54 bits per heavy atom. The quantitative estimate of drug-likeness (QED) is 0.370. The van der Waals surface area contributed by atoms with E-state index in [0.717, 1.165) is 44.3 Å². The monoisotopic (exact) mass is 385 g/mol. The normalized spacial score (nSPS) is 16.8. The van der Waals surface area contributed by atoms with Crippen LogP contribution in [0, 0.1) is 0 Å². The second kappa shape index (κ2) is 12.7. The van der Waals surface area contributed by atoms with Gasteiger partial charge in [0.05, 0.1) is 5.25 Å². The van der Waals surface area contributed by atoms with Gasteiger partial charge in [-0.1, -0.05) is 12.8 Å². The van der Waals surface area contributed by atoms with Crippen molar-refractivity contribution in [1.82, 2.24) is 15.5 Å². The summed E-state index contributed by atoms with van der Waals surface area (Å²) in [4.78, 5) is 48.0. The van der Waals surface area contributed by atoms with Gasteiger partial charge in [0.25, 0.3) is 0 Å². The van der Waals surface area contributed by atoms with Crippen molar-refractivity contribution in [2.45, 2.75) is 63.0 Å². The van der Waals surface area contributed by atoms with Gasteiger partial charge in [0.2, 0.25) is 23.6 Å². The number of likely N-dealkylation sites (tertiary alicyclic amines) is 1. The van der Waals surface area contributed by atoms with Crippen LogP contribution in [0.3, 0.4) is 0 Å². The van der Waals surface area contributed by atoms with E-state index < -0.39 is 0 Å². The van der Waals surface area contributed by atoms with E-state index in [2.05, 4.69) is 10.6 Å². The molecule has 0 aliphatic carbocycles. The van der Waals surface area contributed by atoms with Gasteiger partial charge in [-0.3, -0.25) is 24.1 Å². The van der Waals surface area contributed by atoms with Crippen LogP contribution < -0.4 is 10.6 Å². The molecule has 0 aromatic rings. The third kappa shape index (κ3) is 8.21. The van der Waals surface area contributed by atoms with E-state index in [-0.39, 0.29) is 28.9 Å². The number of imide groups is 1. The van der Waals surface area contributed by atoms with Crippen LogP contribution in [-0.2, 0) is 19.2 Å². The maximum atomic E-state index is 12.3. The first-order valence-electron chi connectivity index (χ1n) is 9.36. The number of unbranched alkanes of at least 4 members (excludes halogenated alkanes) is 4. The zero-order valence-corrected chi connectivity index (χ0v) is 16.7. The predicted molar refractivity (Wildman–Crippen MR) is 103 cm³/mol. The number of hydrogen-bond acceptors (Lipinski definition) is 5. The smallest absolute Gasteiger partial charge is 0.242 e. The molecular weight excluding hydrogens is 354 g/mol. The largest absolute Gasteiger partial charge is 0.359 e. The maximum absolute atomic E-state index is 12.3. The van der Waals surface area contributed by atoms with Crippen LogP contribution >= 0.6 is 11.8 Å². The second-order valence-corrected chi connectivity index (χ2v) is 7.73. The summed E-state index contributed by atoms with van der Waals surface area (Å²) in [5.41, 5.74) is 0. The highest BCUT2D eigenvalue weighted by molar-refractivity contribution is 8.00. The number of nitrogens with one attached hydrogen (secondary N) is 2. The van der Waals surface area contributed by atoms with Gasteiger partial charge in [-0.15, -0.1) is 11.8 Å². The Kier molecular flexibility index (Phi) is 11.0. The van der Waals surface area contributed by atoms with E-state index >= 15 is 0 Å². The number of thioether (sulfide) groups is 1. The number of hydrogen-bond donors (Lipinski definition) is 2. The Labute approximate surface area is 160 Å². The molecule has 1 fully saturated rings. The van der Waals surface area contributed by atoms with Gasteiger partial charge in [-0.25, -0.2) is 0 Å². The van der Waals surface area contributed by atoms with Crippen molar-refractivity contribution in [3.63, 3.8) is 0 Å². The molecule has 1 unspecified atom stereocenters. The predicted octanol–water partition coefficient (Wildman–Crippen LogP) is 1.46. The zero-order valence-electron chi connectivity index (χ0n) is 15.8. The van der Waals surface area contributed by atoms with Crippen LogP contribution in [0.25, 0.3) is 0 Å². The number of nitrogens with zero attached hydrogens (tertiary/aromatic N) is 1. The van der Waals surface area contributed by atoms with Gasteiger partial charge in [-0.05, 0) is 31.4 Å². The lowest BCUT2D eigenvalue weighted by molar-refractivity contribution is -0.138. The molecule has 1 aliphatic heterocycles. The molecule has 7 nitrogen and oxygen atoms in total. The van der Waals surface area contributed by atoms with Gasteiger partial charge < -0.3 is 10.6 Å². The van der Waals surface area contributed by atoms with Gasteiger partial charge in [0.15, 0.2) is 0 Å². The molecule has 0 spiro atoms. The minimum Gasteiger partial charge on any atom is -0.359 e. The van der Waals surface area contributed by atoms with E-state index in [1.54, 1.807) is 25.9 Å². The highest BCUT2D eigenvalue weighted by Gasteiger charge is 2.38. The molecule has 1 atom stereocenters. The van der Waals surface area contributed by atoms with Crippen molar-refractivity contribution < 1.29 is 19.2 Å². The molecule has 0 radical (unpaired) electrons. The topological polar surface area (TPSA) is 95.6 Å². The molecule has 4 amide bonds. The third-order valence-electron chi connectivity index (χ3n) is 4.41. The molecular formula is C18H31N3O4S. The second-order valence-electron chi connectivity index (χ2n) is 6.41. The van der Waals surface area contributed by atoms with Crippen LogP contribution in [0.4, 0.5) is 0 Å². The van der Waals surface area contributed by atoms with Crippen molar-refractivity contribution >= 4 is 35.4 Å². The molecule has 148 valence electrons. The summed E-state index contributed by atoms with van der Waals surface area (Å²) in [5.74, 6) is 0.748. The van der Waals surface area contributed by atoms with Crippen LogP contribution in [-0.4, -0.2) is 60.2 Å². The maximum Gasteiger partial charge on any atom is 0.242 e. The standard InChI is InChI=1S/C18H31N3O4S/c1-19-15(22)9-5-3-7-11-21-17(24)13-14(18(21)25)26-12-8-4-6-10-16(23)20-2/h14H,3-13H2,1-2H3,(H,19,22)(H,20,23). The lowest BCUT2D eigenvalue weighted by Crippen LogP contribution is -2.32. The molecule has 0 saturated carbocycles. The third-order valence-corrected chi connectivity index (χ3v) is 5.71. The fraction of sp³-hybridized carbons (Fsp3) is 0.778. The van der Waals surface area contributed by atoms with Crippen molar-refractivity contribution in [3.8, 4) is 0 Å². The van der Waals surface area contributed by atoms with Crippen molar-refractivity contribution in [2.75, 3.05) is 26.4 Å². The van der Waals surface area contributed by atoms with Gasteiger partial charge >= 0.3 is 0 Å². The minimum absolute atomic E-state index is 0.0186. The number of amides is 4. The summed E-state index contributed by atoms with van der Waals surface area (Å²) in [6.07, 6.45) is 6.39. The molecule has 0 aromatic carbocycles. The molecule has 1 rings (SSSR count). The molecule has 2 N–H and O–H groups in total. The van der Waals surface area contributed by atoms with Crippen molar-refractivity contribution in [1.29, 1.82) is 0 Å². The van der Waals surface area contributed by atoms with Crippen LogP contribution in [0.2, 0.25) is 0 Å². The van der Waals surface area contributed by atoms with Gasteiger partial charge in [0.1, 0.15) is 0 Å². The summed E-state index contributed by atoms with van der Waals surface area (Å²) in [5, 5.41) is 4.92. The molecule has 1 heterocycles. The first-order valence-corrected chi connectivity index (χ1v) is 10.4. The molecule has 1 saturated heterocycles. The van der Waals surface area contributed by atoms with Crippen LogP contribution in [0.5, 0.6) is 0 Å². The summed E-state index contributed by atoms with van der Waals surface area (Å²) in [6.45, 7) is 0.453. The van der Waals surface area contributed by atoms with Crippen molar-refractivity contribution in [3.05, 3.63) is 0 Å². The summed E-state index contributed by atoms with van der Waals surface area (Å²) in [7, 11) is 3.25. The van der Waals surface area contributed by atoms with Gasteiger partial charge in [0, 0.05) is 39.9 Å². The summed E-state index contributed by atoms with van der Waals surface area (Å²) in [6, 6.07) is 0. The number of carbonyl (C=O) groups is 4. The summed E-state index contributed by atoms with van der Waals surface area (Å²) >= 11 is 1.55. The average Bonchev–Trinajstić information content (AvgIpc) is 2.90. The van der Waals surface area contributed by atoms with E-state index in [0.29, 0.717) is 25.8 Å². The molecule has 8 heteroatoms. The Morgan fingerprint density at radius 3 is 2.12 bits per heavy atom. The Hall–Kier alpha value is -1.57. The minimum atomic E-state index is -0.257. The highest BCUT2D eigenvalue weighted by Crippen LogP contribution is 2.26. The fourth-order valence-corrected chi connectivity index (χ4v) is 3.98. The lowest BCUT2D eigenvalue weighted by Gasteiger charge is -2.14. The molecule has 0 aromatic heterocycles. The number of rotatable bonds is 13. The summed E-state index contributed by atoms with van der Waals surface area (Å²) < 4.78 is 0. The molecule has 1 aliphatic rings.